The third kappa shape index (κ3) is 4.24. The summed E-state index contributed by atoms with van der Waals surface area (Å²) >= 11 is 0. The number of pyridine rings is 1. The van der Waals surface area contributed by atoms with Crippen molar-refractivity contribution in [1.82, 2.24) is 19.9 Å². The highest BCUT2D eigenvalue weighted by atomic mass is 19.4. The Hall–Kier alpha value is -3.23. The fraction of sp³-hybridized carbons (Fsp3) is 0.417. The first-order valence-electron chi connectivity index (χ1n) is 11.1. The van der Waals surface area contributed by atoms with Crippen molar-refractivity contribution in [3.63, 3.8) is 0 Å². The molecule has 2 fully saturated rings. The molecule has 6 nitrogen and oxygen atoms in total. The van der Waals surface area contributed by atoms with Gasteiger partial charge in [-0.3, -0.25) is 14.8 Å². The number of anilines is 1. The molecule has 0 bridgehead atoms. The number of likely N-dealkylation sites (tertiary alicyclic amines) is 1. The number of carbonyl (C=O) groups excluding carboxylic acids is 1. The van der Waals surface area contributed by atoms with Crippen LogP contribution in [0.25, 0.3) is 11.0 Å². The summed E-state index contributed by atoms with van der Waals surface area (Å²) in [7, 11) is 0. The van der Waals surface area contributed by atoms with Gasteiger partial charge in [-0.15, -0.1) is 0 Å². The molecule has 0 unspecified atom stereocenters. The third-order valence-electron chi connectivity index (χ3n) is 6.79. The summed E-state index contributed by atoms with van der Waals surface area (Å²) in [6.07, 6.45) is 1.71. The number of hydrogen-bond acceptors (Lipinski definition) is 5. The molecule has 2 aromatic heterocycles. The second kappa shape index (κ2) is 8.28. The molecule has 1 spiro atoms. The van der Waals surface area contributed by atoms with Crippen LogP contribution in [0.15, 0.2) is 48.8 Å². The number of para-hydroxylation sites is 2. The molecule has 2 aliphatic rings. The van der Waals surface area contributed by atoms with Crippen LogP contribution in [-0.4, -0.2) is 45.4 Å². The zero-order chi connectivity index (χ0) is 23.1. The zero-order valence-electron chi connectivity index (χ0n) is 18.1. The van der Waals surface area contributed by atoms with Crippen LogP contribution in [0, 0.1) is 5.41 Å². The molecule has 172 valence electrons. The van der Waals surface area contributed by atoms with Crippen molar-refractivity contribution < 1.29 is 18.0 Å². The van der Waals surface area contributed by atoms with E-state index in [0.717, 1.165) is 48.6 Å². The van der Waals surface area contributed by atoms with Gasteiger partial charge >= 0.3 is 6.18 Å². The molecule has 0 saturated carbocycles. The van der Waals surface area contributed by atoms with Gasteiger partial charge in [0.15, 0.2) is 0 Å². The smallest absolute Gasteiger partial charge is 0.355 e. The van der Waals surface area contributed by atoms with E-state index in [1.807, 2.05) is 24.3 Å². The summed E-state index contributed by atoms with van der Waals surface area (Å²) in [6.45, 7) is 2.33. The molecular formula is C24H24F3N5O. The Labute approximate surface area is 189 Å². The van der Waals surface area contributed by atoms with Gasteiger partial charge in [0.25, 0.3) is 0 Å². The number of alkyl halides is 3. The Morgan fingerprint density at radius 1 is 0.909 bits per heavy atom. The number of halogens is 3. The largest absolute Gasteiger partial charge is 0.433 e. The molecular weight excluding hydrogens is 431 g/mol. The van der Waals surface area contributed by atoms with E-state index in [1.54, 1.807) is 11.1 Å². The molecule has 0 atom stereocenters. The van der Waals surface area contributed by atoms with Gasteiger partial charge in [0, 0.05) is 32.4 Å². The number of rotatable bonds is 3. The van der Waals surface area contributed by atoms with Crippen LogP contribution in [-0.2, 0) is 17.5 Å². The highest BCUT2D eigenvalue weighted by molar-refractivity contribution is 5.84. The van der Waals surface area contributed by atoms with Crippen LogP contribution in [0.5, 0.6) is 0 Å². The third-order valence-corrected chi connectivity index (χ3v) is 6.79. The lowest BCUT2D eigenvalue weighted by Gasteiger charge is -2.46. The molecule has 2 aliphatic heterocycles. The molecule has 0 radical (unpaired) electrons. The normalized spacial score (nSPS) is 18.8. The van der Waals surface area contributed by atoms with Crippen LogP contribution in [0.4, 0.5) is 19.0 Å². The predicted octanol–water partition coefficient (Wildman–Crippen LogP) is 4.45. The highest BCUT2D eigenvalue weighted by Gasteiger charge is 2.45. The summed E-state index contributed by atoms with van der Waals surface area (Å²) in [4.78, 5) is 30.1. The molecule has 9 heteroatoms. The van der Waals surface area contributed by atoms with Crippen molar-refractivity contribution in [1.29, 1.82) is 0 Å². The number of amides is 1. The van der Waals surface area contributed by atoms with Crippen LogP contribution in [0.3, 0.4) is 0 Å². The SMILES string of the molecule is O=C1N(Cc2ccc(C(F)(F)F)nc2)CCCC12CCN(c1cnc3ccccc3n1)CC2. The second-order valence-electron chi connectivity index (χ2n) is 8.86. The maximum absolute atomic E-state index is 13.4. The van der Waals surface area contributed by atoms with Gasteiger partial charge in [-0.25, -0.2) is 4.98 Å². The molecule has 33 heavy (non-hydrogen) atoms. The lowest BCUT2D eigenvalue weighted by atomic mass is 9.71. The number of nitrogens with zero attached hydrogens (tertiary/aromatic N) is 5. The molecule has 5 rings (SSSR count). The van der Waals surface area contributed by atoms with Crippen molar-refractivity contribution in [3.05, 3.63) is 60.0 Å². The molecule has 0 N–H and O–H groups in total. The standard InChI is InChI=1S/C24H24F3N5O/c25-24(26,27)20-7-6-17(14-29-20)16-32-11-3-8-23(22(32)33)9-12-31(13-10-23)21-15-28-18-4-1-2-5-19(18)30-21/h1-2,4-7,14-15H,3,8-13,16H2. The first kappa shape index (κ1) is 21.6. The van der Waals surface area contributed by atoms with E-state index >= 15 is 0 Å². The number of piperidine rings is 2. The molecule has 1 aromatic carbocycles. The van der Waals surface area contributed by atoms with E-state index in [-0.39, 0.29) is 12.5 Å². The highest BCUT2D eigenvalue weighted by Crippen LogP contribution is 2.42. The van der Waals surface area contributed by atoms with E-state index in [2.05, 4.69) is 14.9 Å². The Balaban J connectivity index is 1.26. The van der Waals surface area contributed by atoms with Crippen LogP contribution < -0.4 is 4.90 Å². The van der Waals surface area contributed by atoms with Gasteiger partial charge < -0.3 is 9.80 Å². The lowest BCUT2D eigenvalue weighted by molar-refractivity contribution is -0.149. The number of hydrogen-bond donors (Lipinski definition) is 0. The molecule has 4 heterocycles. The van der Waals surface area contributed by atoms with Crippen molar-refractivity contribution >= 4 is 22.8 Å². The Kier molecular flexibility index (Phi) is 5.42. The summed E-state index contributed by atoms with van der Waals surface area (Å²) in [5.74, 6) is 0.914. The van der Waals surface area contributed by atoms with Gasteiger partial charge in [0.05, 0.1) is 22.6 Å². The van der Waals surface area contributed by atoms with Gasteiger partial charge in [-0.05, 0) is 49.4 Å². The van der Waals surface area contributed by atoms with Crippen molar-refractivity contribution in [2.24, 2.45) is 5.41 Å². The maximum atomic E-state index is 13.4. The minimum Gasteiger partial charge on any atom is -0.355 e. The fourth-order valence-electron chi connectivity index (χ4n) is 4.94. The van der Waals surface area contributed by atoms with Gasteiger partial charge in [-0.2, -0.15) is 13.2 Å². The molecule has 3 aromatic rings. The minimum absolute atomic E-state index is 0.0953. The van der Waals surface area contributed by atoms with E-state index < -0.39 is 17.3 Å². The predicted molar refractivity (Wildman–Crippen MR) is 117 cm³/mol. The number of aromatic nitrogens is 3. The van der Waals surface area contributed by atoms with E-state index in [0.29, 0.717) is 25.2 Å². The Morgan fingerprint density at radius 3 is 2.36 bits per heavy atom. The van der Waals surface area contributed by atoms with Crippen LogP contribution in [0.2, 0.25) is 0 Å². The van der Waals surface area contributed by atoms with Crippen LogP contribution >= 0.6 is 0 Å². The molecule has 0 aliphatic carbocycles. The van der Waals surface area contributed by atoms with E-state index in [1.165, 1.54) is 12.3 Å². The Morgan fingerprint density at radius 2 is 1.67 bits per heavy atom. The Bertz CT molecular complexity index is 1160. The maximum Gasteiger partial charge on any atom is 0.433 e. The van der Waals surface area contributed by atoms with E-state index in [4.69, 9.17) is 4.98 Å². The summed E-state index contributed by atoms with van der Waals surface area (Å²) in [6, 6.07) is 10.1. The first-order valence-corrected chi connectivity index (χ1v) is 11.1. The van der Waals surface area contributed by atoms with Crippen molar-refractivity contribution in [2.45, 2.75) is 38.4 Å². The summed E-state index contributed by atoms with van der Waals surface area (Å²) < 4.78 is 38.3. The monoisotopic (exact) mass is 455 g/mol. The number of carbonyl (C=O) groups is 1. The quantitative estimate of drug-likeness (QED) is 0.584. The van der Waals surface area contributed by atoms with Gasteiger partial charge in [0.1, 0.15) is 11.5 Å². The fourth-order valence-corrected chi connectivity index (χ4v) is 4.94. The second-order valence-corrected chi connectivity index (χ2v) is 8.86. The van der Waals surface area contributed by atoms with Crippen molar-refractivity contribution in [2.75, 3.05) is 24.5 Å². The zero-order valence-corrected chi connectivity index (χ0v) is 18.1. The van der Waals surface area contributed by atoms with E-state index in [9.17, 15) is 18.0 Å². The van der Waals surface area contributed by atoms with Crippen LogP contribution in [0.1, 0.15) is 36.9 Å². The summed E-state index contributed by atoms with van der Waals surface area (Å²) in [5, 5.41) is 0. The average molecular weight is 455 g/mol. The molecule has 1 amide bonds. The number of benzene rings is 1. The van der Waals surface area contributed by atoms with Gasteiger partial charge in [-0.1, -0.05) is 18.2 Å². The minimum atomic E-state index is -4.47. The van der Waals surface area contributed by atoms with Crippen molar-refractivity contribution in [3.8, 4) is 0 Å². The topological polar surface area (TPSA) is 62.2 Å². The molecule has 2 saturated heterocycles. The number of fused-ring (bicyclic) bond motifs is 1. The first-order chi connectivity index (χ1) is 15.8. The summed E-state index contributed by atoms with van der Waals surface area (Å²) in [5.41, 5.74) is 0.971. The lowest BCUT2D eigenvalue weighted by Crippen LogP contribution is -2.53. The van der Waals surface area contributed by atoms with Gasteiger partial charge in [0.2, 0.25) is 5.91 Å². The average Bonchev–Trinajstić information content (AvgIpc) is 2.82.